The van der Waals surface area contributed by atoms with Crippen LogP contribution in [0.1, 0.15) is 49.0 Å². The minimum absolute atomic E-state index is 0.160. The molecular formula is C23H26ClNO4. The maximum atomic E-state index is 12.6. The van der Waals surface area contributed by atoms with E-state index in [4.69, 9.17) is 21.1 Å². The third-order valence-electron chi connectivity index (χ3n) is 5.26. The van der Waals surface area contributed by atoms with Gasteiger partial charge in [0.05, 0.1) is 0 Å². The van der Waals surface area contributed by atoms with Crippen molar-refractivity contribution in [3.05, 3.63) is 64.7 Å². The van der Waals surface area contributed by atoms with E-state index in [0.29, 0.717) is 10.8 Å². The smallest absolute Gasteiger partial charge is 0.342 e. The van der Waals surface area contributed by atoms with Gasteiger partial charge in [0.2, 0.25) is 0 Å². The summed E-state index contributed by atoms with van der Waals surface area (Å²) in [5.41, 5.74) is 1.10. The Labute approximate surface area is 176 Å². The van der Waals surface area contributed by atoms with Crippen molar-refractivity contribution in [2.24, 2.45) is 0 Å². The zero-order valence-corrected chi connectivity index (χ0v) is 17.5. The molecule has 2 unspecified atom stereocenters. The van der Waals surface area contributed by atoms with E-state index in [1.54, 1.807) is 30.3 Å². The Morgan fingerprint density at radius 2 is 1.69 bits per heavy atom. The van der Waals surface area contributed by atoms with Crippen LogP contribution in [0.3, 0.4) is 0 Å². The van der Waals surface area contributed by atoms with E-state index in [-0.39, 0.29) is 36.8 Å². The van der Waals surface area contributed by atoms with Gasteiger partial charge in [0.1, 0.15) is 17.9 Å². The van der Waals surface area contributed by atoms with E-state index in [1.165, 1.54) is 0 Å². The molecule has 1 heterocycles. The Hall–Kier alpha value is -2.53. The average Bonchev–Trinajstić information content (AvgIpc) is 2.71. The minimum atomic E-state index is -0.578. The summed E-state index contributed by atoms with van der Waals surface area (Å²) in [4.78, 5) is 27.0. The lowest BCUT2D eigenvalue weighted by Crippen LogP contribution is -2.49. The quantitative estimate of drug-likeness (QED) is 0.632. The topological polar surface area (TPSA) is 55.8 Å². The van der Waals surface area contributed by atoms with E-state index in [9.17, 15) is 9.59 Å². The number of carbonyl (C=O) groups excluding carboxylic acids is 2. The molecule has 0 aromatic heterocycles. The van der Waals surface area contributed by atoms with Gasteiger partial charge in [0, 0.05) is 22.7 Å². The van der Waals surface area contributed by atoms with Crippen LogP contribution >= 0.6 is 11.6 Å². The van der Waals surface area contributed by atoms with Gasteiger partial charge in [-0.3, -0.25) is 4.79 Å². The number of piperidine rings is 1. The van der Waals surface area contributed by atoms with Crippen LogP contribution < -0.4 is 4.74 Å². The number of nitrogens with zero attached hydrogens (tertiary/aromatic N) is 1. The molecule has 0 N–H and O–H groups in total. The molecule has 2 aromatic carbocycles. The van der Waals surface area contributed by atoms with Crippen molar-refractivity contribution >= 4 is 23.5 Å². The highest BCUT2D eigenvalue weighted by Gasteiger charge is 2.29. The van der Waals surface area contributed by atoms with E-state index >= 15 is 0 Å². The maximum Gasteiger partial charge on any atom is 0.342 e. The molecule has 0 saturated carbocycles. The van der Waals surface area contributed by atoms with Gasteiger partial charge in [-0.15, -0.1) is 0 Å². The van der Waals surface area contributed by atoms with Gasteiger partial charge in [0.25, 0.3) is 5.91 Å². The van der Waals surface area contributed by atoms with Gasteiger partial charge in [-0.05, 0) is 51.3 Å². The van der Waals surface area contributed by atoms with E-state index < -0.39 is 5.97 Å². The first-order valence-electron chi connectivity index (χ1n) is 9.91. The SMILES string of the molecule is CC1CCCC(C)N1C(=O)COC(=O)c1ccccc1OCc1ccccc1Cl. The zero-order valence-electron chi connectivity index (χ0n) is 16.8. The molecule has 2 atom stereocenters. The van der Waals surface area contributed by atoms with Crippen molar-refractivity contribution in [1.29, 1.82) is 0 Å². The molecule has 0 aliphatic carbocycles. The number of carbonyl (C=O) groups is 2. The summed E-state index contributed by atoms with van der Waals surface area (Å²) in [6.45, 7) is 4.03. The second kappa shape index (κ2) is 9.79. The van der Waals surface area contributed by atoms with E-state index in [1.807, 2.05) is 36.9 Å². The first kappa shape index (κ1) is 21.2. The second-order valence-electron chi connectivity index (χ2n) is 7.38. The lowest BCUT2D eigenvalue weighted by Gasteiger charge is -2.38. The number of amides is 1. The highest BCUT2D eigenvalue weighted by atomic mass is 35.5. The monoisotopic (exact) mass is 415 g/mol. The van der Waals surface area contributed by atoms with Crippen LogP contribution in [0, 0.1) is 0 Å². The molecule has 6 heteroatoms. The molecule has 0 radical (unpaired) electrons. The van der Waals surface area contributed by atoms with Gasteiger partial charge in [-0.25, -0.2) is 4.79 Å². The van der Waals surface area contributed by atoms with Gasteiger partial charge in [-0.1, -0.05) is 41.9 Å². The molecule has 0 spiro atoms. The zero-order chi connectivity index (χ0) is 20.8. The number of hydrogen-bond donors (Lipinski definition) is 0. The summed E-state index contributed by atoms with van der Waals surface area (Å²) in [6, 6.07) is 14.5. The largest absolute Gasteiger partial charge is 0.488 e. The predicted octanol–water partition coefficient (Wildman–Crippen LogP) is 4.87. The van der Waals surface area contributed by atoms with Crippen LogP contribution in [-0.4, -0.2) is 35.5 Å². The lowest BCUT2D eigenvalue weighted by atomic mass is 9.97. The second-order valence-corrected chi connectivity index (χ2v) is 7.79. The highest BCUT2D eigenvalue weighted by Crippen LogP contribution is 2.24. The lowest BCUT2D eigenvalue weighted by molar-refractivity contribution is -0.140. The first-order valence-corrected chi connectivity index (χ1v) is 10.3. The van der Waals surface area contributed by atoms with Crippen LogP contribution in [0.5, 0.6) is 5.75 Å². The molecule has 0 bridgehead atoms. The maximum absolute atomic E-state index is 12.6. The van der Waals surface area contributed by atoms with Gasteiger partial charge < -0.3 is 14.4 Å². The Kier molecular flexibility index (Phi) is 7.15. The Balaban J connectivity index is 1.62. The summed E-state index contributed by atoms with van der Waals surface area (Å²) in [5, 5.41) is 0.600. The summed E-state index contributed by atoms with van der Waals surface area (Å²) in [6.07, 6.45) is 3.06. The molecule has 3 rings (SSSR count). The van der Waals surface area contributed by atoms with Crippen molar-refractivity contribution in [2.45, 2.75) is 51.8 Å². The summed E-state index contributed by atoms with van der Waals surface area (Å²) < 4.78 is 11.1. The van der Waals surface area contributed by atoms with Gasteiger partial charge in [-0.2, -0.15) is 0 Å². The van der Waals surface area contributed by atoms with Crippen molar-refractivity contribution in [2.75, 3.05) is 6.61 Å². The number of ether oxygens (including phenoxy) is 2. The normalized spacial score (nSPS) is 18.9. The molecule has 5 nitrogen and oxygen atoms in total. The van der Waals surface area contributed by atoms with Crippen LogP contribution in [0.4, 0.5) is 0 Å². The molecule has 2 aromatic rings. The third kappa shape index (κ3) is 5.30. The molecule has 29 heavy (non-hydrogen) atoms. The molecule has 1 aliphatic rings. The number of esters is 1. The molecule has 1 amide bonds. The van der Waals surface area contributed by atoms with Crippen LogP contribution in [-0.2, 0) is 16.1 Å². The minimum Gasteiger partial charge on any atom is -0.488 e. The van der Waals surface area contributed by atoms with Crippen LogP contribution in [0.2, 0.25) is 5.02 Å². The summed E-state index contributed by atoms with van der Waals surface area (Å²) in [7, 11) is 0. The number of halogens is 1. The fourth-order valence-electron chi connectivity index (χ4n) is 3.72. The van der Waals surface area contributed by atoms with E-state index in [0.717, 1.165) is 24.8 Å². The summed E-state index contributed by atoms with van der Waals surface area (Å²) in [5.74, 6) is -0.345. The number of benzene rings is 2. The number of hydrogen-bond acceptors (Lipinski definition) is 4. The van der Waals surface area contributed by atoms with Crippen molar-refractivity contribution in [3.8, 4) is 5.75 Å². The van der Waals surface area contributed by atoms with Crippen molar-refractivity contribution in [1.82, 2.24) is 4.90 Å². The Bertz CT molecular complexity index is 859. The Morgan fingerprint density at radius 1 is 1.03 bits per heavy atom. The molecule has 154 valence electrons. The Morgan fingerprint density at radius 3 is 2.41 bits per heavy atom. The van der Waals surface area contributed by atoms with E-state index in [2.05, 4.69) is 0 Å². The first-order chi connectivity index (χ1) is 14.0. The van der Waals surface area contributed by atoms with Crippen molar-refractivity contribution in [3.63, 3.8) is 0 Å². The highest BCUT2D eigenvalue weighted by molar-refractivity contribution is 6.31. The average molecular weight is 416 g/mol. The molecular weight excluding hydrogens is 390 g/mol. The van der Waals surface area contributed by atoms with Gasteiger partial charge in [0.15, 0.2) is 6.61 Å². The van der Waals surface area contributed by atoms with Crippen LogP contribution in [0.25, 0.3) is 0 Å². The molecule has 1 saturated heterocycles. The van der Waals surface area contributed by atoms with Crippen molar-refractivity contribution < 1.29 is 19.1 Å². The number of rotatable bonds is 6. The third-order valence-corrected chi connectivity index (χ3v) is 5.62. The molecule has 1 fully saturated rings. The number of para-hydroxylation sites is 1. The fraction of sp³-hybridized carbons (Fsp3) is 0.391. The standard InChI is InChI=1S/C23H26ClNO4/c1-16-8-7-9-17(2)25(16)22(26)15-29-23(27)19-11-4-6-13-21(19)28-14-18-10-3-5-12-20(18)24/h3-6,10-13,16-17H,7-9,14-15H2,1-2H3. The number of likely N-dealkylation sites (tertiary alicyclic amines) is 1. The summed E-state index contributed by atoms with van der Waals surface area (Å²) >= 11 is 6.16. The predicted molar refractivity (Wildman–Crippen MR) is 112 cm³/mol. The molecule has 1 aliphatic heterocycles. The van der Waals surface area contributed by atoms with Crippen LogP contribution in [0.15, 0.2) is 48.5 Å². The fourth-order valence-corrected chi connectivity index (χ4v) is 3.91. The van der Waals surface area contributed by atoms with Gasteiger partial charge >= 0.3 is 5.97 Å².